The van der Waals surface area contributed by atoms with Gasteiger partial charge in [-0.15, -0.1) is 5.73 Å². The molecule has 34 heavy (non-hydrogen) atoms. The van der Waals surface area contributed by atoms with E-state index in [1.807, 2.05) is 31.3 Å². The number of ketones is 1. The van der Waals surface area contributed by atoms with Gasteiger partial charge in [0.2, 0.25) is 6.36 Å². The van der Waals surface area contributed by atoms with Crippen LogP contribution in [0.3, 0.4) is 0 Å². The molecule has 0 aliphatic heterocycles. The van der Waals surface area contributed by atoms with Crippen molar-refractivity contribution in [3.63, 3.8) is 0 Å². The quantitative estimate of drug-likeness (QED) is 0.377. The molecule has 0 amide bonds. The zero-order valence-electron chi connectivity index (χ0n) is 21.1. The molecule has 1 aromatic carbocycles. The molecule has 3 rings (SSSR count). The number of aromatic nitrogens is 1. The SMILES string of the molecule is C=C=C(NC1(C)CCC1)c1cc(C(C(=O)CCc2cccc(OC(C)F)c2)C(C)C)c(C)cn1. The summed E-state index contributed by atoms with van der Waals surface area (Å²) in [5.74, 6) is 0.559. The van der Waals surface area contributed by atoms with Gasteiger partial charge in [0.05, 0.1) is 5.69 Å². The van der Waals surface area contributed by atoms with Crippen LogP contribution in [0.15, 0.2) is 48.8 Å². The van der Waals surface area contributed by atoms with Crippen LogP contribution in [0.25, 0.3) is 5.70 Å². The standard InChI is InChI=1S/C29H37FN2O2/c1-7-25(32-29(6)14-9-15-29)26-17-24(20(4)18-31-26)28(19(2)3)27(33)13-12-22-10-8-11-23(16-22)34-21(5)30/h8,10-11,16-19,21,28,32H,1,9,12-15H2,2-6H3. The minimum absolute atomic E-state index is 0.0538. The number of nitrogens with one attached hydrogen (secondary N) is 1. The van der Waals surface area contributed by atoms with Crippen molar-refractivity contribution < 1.29 is 13.9 Å². The molecule has 2 unspecified atom stereocenters. The third-order valence-electron chi connectivity index (χ3n) is 6.67. The van der Waals surface area contributed by atoms with Crippen molar-refractivity contribution in [2.24, 2.45) is 5.92 Å². The molecule has 1 saturated carbocycles. The molecule has 2 atom stereocenters. The van der Waals surface area contributed by atoms with Gasteiger partial charge in [-0.05, 0) is 80.3 Å². The molecule has 0 spiro atoms. The average Bonchev–Trinajstić information content (AvgIpc) is 2.76. The average molecular weight is 465 g/mol. The fraction of sp³-hybridized carbons (Fsp3) is 0.483. The van der Waals surface area contributed by atoms with Crippen LogP contribution >= 0.6 is 0 Å². The molecule has 1 N–H and O–H groups in total. The van der Waals surface area contributed by atoms with Crippen LogP contribution < -0.4 is 10.1 Å². The number of carbonyl (C=O) groups excluding carboxylic acids is 1. The van der Waals surface area contributed by atoms with Gasteiger partial charge >= 0.3 is 0 Å². The molecule has 2 aromatic rings. The molecule has 1 fully saturated rings. The number of hydrogen-bond acceptors (Lipinski definition) is 4. The molecule has 4 nitrogen and oxygen atoms in total. The predicted molar refractivity (Wildman–Crippen MR) is 135 cm³/mol. The van der Waals surface area contributed by atoms with Crippen LogP contribution in [0, 0.1) is 12.8 Å². The zero-order valence-corrected chi connectivity index (χ0v) is 21.1. The lowest BCUT2D eigenvalue weighted by atomic mass is 9.78. The van der Waals surface area contributed by atoms with Gasteiger partial charge in [0, 0.05) is 31.0 Å². The van der Waals surface area contributed by atoms with Crippen LogP contribution in [0.1, 0.15) is 81.7 Å². The van der Waals surface area contributed by atoms with Gasteiger partial charge in [0.1, 0.15) is 17.2 Å². The maximum Gasteiger partial charge on any atom is 0.235 e. The second-order valence-corrected chi connectivity index (χ2v) is 10.0. The molecule has 0 radical (unpaired) electrons. The Morgan fingerprint density at radius 2 is 2.03 bits per heavy atom. The molecule has 1 heterocycles. The number of ether oxygens (including phenoxy) is 1. The summed E-state index contributed by atoms with van der Waals surface area (Å²) < 4.78 is 18.3. The van der Waals surface area contributed by atoms with Crippen LogP contribution in [0.4, 0.5) is 4.39 Å². The number of aryl methyl sites for hydroxylation is 2. The highest BCUT2D eigenvalue weighted by Gasteiger charge is 2.33. The van der Waals surface area contributed by atoms with Crippen LogP contribution in [0.2, 0.25) is 0 Å². The van der Waals surface area contributed by atoms with E-state index in [0.29, 0.717) is 18.6 Å². The van der Waals surface area contributed by atoms with E-state index < -0.39 is 6.36 Å². The number of halogens is 1. The Morgan fingerprint density at radius 3 is 2.62 bits per heavy atom. The van der Waals surface area contributed by atoms with Gasteiger partial charge in [-0.3, -0.25) is 9.78 Å². The minimum atomic E-state index is -1.37. The second-order valence-electron chi connectivity index (χ2n) is 10.0. The van der Waals surface area contributed by atoms with E-state index in [4.69, 9.17) is 4.74 Å². The van der Waals surface area contributed by atoms with Crippen LogP contribution in [0.5, 0.6) is 5.75 Å². The van der Waals surface area contributed by atoms with Gasteiger partial charge in [-0.25, -0.2) is 4.39 Å². The summed E-state index contributed by atoms with van der Waals surface area (Å²) in [5.41, 5.74) is 7.59. The highest BCUT2D eigenvalue weighted by atomic mass is 19.1. The summed E-state index contributed by atoms with van der Waals surface area (Å²) in [5, 5.41) is 3.56. The molecule has 0 saturated heterocycles. The minimum Gasteiger partial charge on any atom is -0.461 e. The predicted octanol–water partition coefficient (Wildman–Crippen LogP) is 6.68. The number of Topliss-reactive ketones (excluding diaryl/α,β-unsaturated/α-hetero) is 1. The van der Waals surface area contributed by atoms with E-state index in [1.54, 1.807) is 12.1 Å². The number of benzene rings is 1. The topological polar surface area (TPSA) is 51.2 Å². The lowest BCUT2D eigenvalue weighted by Crippen LogP contribution is -2.47. The van der Waals surface area contributed by atoms with Crippen LogP contribution in [-0.4, -0.2) is 22.7 Å². The molecular formula is C29H37FN2O2. The Labute approximate surface area is 203 Å². The Kier molecular flexibility index (Phi) is 8.33. The number of pyridine rings is 1. The lowest BCUT2D eigenvalue weighted by molar-refractivity contribution is -0.121. The first-order valence-corrected chi connectivity index (χ1v) is 12.2. The molecule has 182 valence electrons. The first-order valence-electron chi connectivity index (χ1n) is 12.2. The lowest BCUT2D eigenvalue weighted by Gasteiger charge is -2.40. The Bertz CT molecular complexity index is 1070. The monoisotopic (exact) mass is 464 g/mol. The molecule has 1 aliphatic rings. The molecule has 0 bridgehead atoms. The summed E-state index contributed by atoms with van der Waals surface area (Å²) >= 11 is 0. The summed E-state index contributed by atoms with van der Waals surface area (Å²) in [4.78, 5) is 18.1. The third-order valence-corrected chi connectivity index (χ3v) is 6.67. The highest BCUT2D eigenvalue weighted by molar-refractivity contribution is 5.86. The van der Waals surface area contributed by atoms with Gasteiger partial charge < -0.3 is 10.1 Å². The number of rotatable bonds is 11. The Balaban J connectivity index is 1.79. The van der Waals surface area contributed by atoms with Crippen molar-refractivity contribution in [1.82, 2.24) is 10.3 Å². The number of carbonyl (C=O) groups is 1. The summed E-state index contributed by atoms with van der Waals surface area (Å²) in [7, 11) is 0. The summed E-state index contributed by atoms with van der Waals surface area (Å²) in [6, 6.07) is 9.32. The zero-order chi connectivity index (χ0) is 24.9. The Morgan fingerprint density at radius 1 is 1.29 bits per heavy atom. The van der Waals surface area contributed by atoms with Crippen molar-refractivity contribution in [2.75, 3.05) is 0 Å². The molecule has 1 aromatic heterocycles. The van der Waals surface area contributed by atoms with Gasteiger partial charge in [-0.2, -0.15) is 0 Å². The third kappa shape index (κ3) is 6.36. The van der Waals surface area contributed by atoms with Crippen LogP contribution in [-0.2, 0) is 11.2 Å². The van der Waals surface area contributed by atoms with E-state index in [1.165, 1.54) is 13.3 Å². The number of nitrogens with zero attached hydrogens (tertiary/aromatic N) is 1. The van der Waals surface area contributed by atoms with E-state index in [0.717, 1.165) is 40.9 Å². The van der Waals surface area contributed by atoms with Crippen molar-refractivity contribution in [1.29, 1.82) is 0 Å². The van der Waals surface area contributed by atoms with E-state index in [2.05, 4.69) is 43.4 Å². The van der Waals surface area contributed by atoms with E-state index >= 15 is 0 Å². The van der Waals surface area contributed by atoms with Crippen molar-refractivity contribution >= 4 is 11.5 Å². The largest absolute Gasteiger partial charge is 0.461 e. The first-order chi connectivity index (χ1) is 16.1. The Hall–Kier alpha value is -2.91. The fourth-order valence-electron chi connectivity index (χ4n) is 4.63. The maximum atomic E-state index is 13.4. The maximum absolute atomic E-state index is 13.4. The van der Waals surface area contributed by atoms with Crippen molar-refractivity contribution in [3.8, 4) is 5.75 Å². The van der Waals surface area contributed by atoms with Crippen molar-refractivity contribution in [2.45, 2.75) is 84.5 Å². The second kappa shape index (κ2) is 11.0. The molecule has 5 heteroatoms. The fourth-order valence-corrected chi connectivity index (χ4v) is 4.63. The number of alkyl halides is 1. The van der Waals surface area contributed by atoms with E-state index in [-0.39, 0.29) is 23.2 Å². The number of hydrogen-bond donors (Lipinski definition) is 1. The molecular weight excluding hydrogens is 427 g/mol. The van der Waals surface area contributed by atoms with Gasteiger partial charge in [0.25, 0.3) is 0 Å². The van der Waals surface area contributed by atoms with Crippen molar-refractivity contribution in [3.05, 3.63) is 71.2 Å². The summed E-state index contributed by atoms with van der Waals surface area (Å²) in [6.45, 7) is 13.6. The smallest absolute Gasteiger partial charge is 0.235 e. The van der Waals surface area contributed by atoms with Gasteiger partial charge in [-0.1, -0.05) is 32.6 Å². The van der Waals surface area contributed by atoms with Gasteiger partial charge in [0.15, 0.2) is 0 Å². The van der Waals surface area contributed by atoms with E-state index in [9.17, 15) is 9.18 Å². The normalized spacial score (nSPS) is 16.2. The first kappa shape index (κ1) is 25.7. The highest BCUT2D eigenvalue weighted by Crippen LogP contribution is 2.34. The summed E-state index contributed by atoms with van der Waals surface area (Å²) in [6.07, 6.45) is 4.88. The molecule has 1 aliphatic carbocycles.